The molecule has 0 bridgehead atoms. The molecule has 1 aliphatic carbocycles. The van der Waals surface area contributed by atoms with E-state index in [2.05, 4.69) is 12.2 Å². The molecule has 0 saturated carbocycles. The van der Waals surface area contributed by atoms with E-state index < -0.39 is 0 Å². The second-order valence-corrected chi connectivity index (χ2v) is 2.74. The molecule has 1 aliphatic rings. The molecule has 0 aromatic carbocycles. The third kappa shape index (κ3) is 76.5. The van der Waals surface area contributed by atoms with Gasteiger partial charge in [-0.05, 0) is 0 Å². The minimum atomic E-state index is 0. The van der Waals surface area contributed by atoms with Gasteiger partial charge in [0.25, 0.3) is 0 Å². The van der Waals surface area contributed by atoms with Crippen molar-refractivity contribution in [2.24, 2.45) is 0 Å². The van der Waals surface area contributed by atoms with Crippen LogP contribution in [0.15, 0.2) is 18.2 Å². The topological polar surface area (TPSA) is 0 Å². The summed E-state index contributed by atoms with van der Waals surface area (Å²) in [6, 6.07) is 0. The van der Waals surface area contributed by atoms with E-state index in [4.69, 9.17) is 0 Å². The Morgan fingerprint density at radius 1 is 0.867 bits per heavy atom. The third-order valence-electron chi connectivity index (χ3n) is 0.586. The van der Waals surface area contributed by atoms with Gasteiger partial charge < -0.3 is 19.3 Å². The Morgan fingerprint density at radius 3 is 1.27 bits per heavy atom. The average Bonchev–Trinajstić information content (AvgIpc) is 2.63. The predicted octanol–water partition coefficient (Wildman–Crippen LogP) is 4.99. The van der Waals surface area contributed by atoms with Gasteiger partial charge in [-0.1, -0.05) is 0 Å². The Balaban J connectivity index is -0.0000000550. The summed E-state index contributed by atoms with van der Waals surface area (Å²) in [4.78, 5) is 0. The van der Waals surface area contributed by atoms with E-state index in [1.54, 1.807) is 0 Å². The molecule has 1 radical (unpaired) electrons. The number of rotatable bonds is 0. The zero-order chi connectivity index (χ0) is 11.7. The number of hydrogen-bond donors (Lipinski definition) is 0. The largest absolute Gasteiger partial charge is 0.335 e. The molecule has 0 fully saturated rings. The maximum atomic E-state index is 2.99. The van der Waals surface area contributed by atoms with Crippen molar-refractivity contribution in [1.29, 1.82) is 0 Å². The van der Waals surface area contributed by atoms with Crippen LogP contribution in [-0.4, -0.2) is 0 Å². The van der Waals surface area contributed by atoms with E-state index in [1.165, 1.54) is 0 Å². The summed E-state index contributed by atoms with van der Waals surface area (Å²) in [7, 11) is 0. The number of hydrogen-bond acceptors (Lipinski definition) is 0. The van der Waals surface area contributed by atoms with Crippen LogP contribution in [-0.2, 0) is 25.8 Å². The normalized spacial score (nSPS) is 9.47. The van der Waals surface area contributed by atoms with E-state index in [-0.39, 0.29) is 25.8 Å². The van der Waals surface area contributed by atoms with Gasteiger partial charge in [0, 0.05) is 25.8 Å². The Hall–Kier alpha value is 0.350. The van der Waals surface area contributed by atoms with E-state index in [0.29, 0.717) is 0 Å². The van der Waals surface area contributed by atoms with E-state index >= 15 is 0 Å². The quantitative estimate of drug-likeness (QED) is 0.522. The smallest absolute Gasteiger partial charge is 0 e. The van der Waals surface area contributed by atoms with Gasteiger partial charge in [-0.25, -0.2) is 12.2 Å². The average molecular weight is 239 g/mol. The molecule has 1 heteroatoms. The molecule has 0 unspecified atom stereocenters. The summed E-state index contributed by atoms with van der Waals surface area (Å²) in [5, 5.41) is 0. The van der Waals surface area contributed by atoms with Crippen molar-refractivity contribution >= 4 is 0 Å². The maximum Gasteiger partial charge on any atom is 0 e. The number of allylic oxidation sites excluding steroid dienone is 4. The fourth-order valence-corrected chi connectivity index (χ4v) is 0.340. The van der Waals surface area contributed by atoms with Gasteiger partial charge in [0.2, 0.25) is 0 Å². The summed E-state index contributed by atoms with van der Waals surface area (Å²) in [5.74, 6) is 0. The van der Waals surface area contributed by atoms with Crippen molar-refractivity contribution in [3.63, 3.8) is 0 Å². The van der Waals surface area contributed by atoms with Gasteiger partial charge in [0.15, 0.2) is 0 Å². The van der Waals surface area contributed by atoms with Crippen LogP contribution in [0.25, 0.3) is 0 Å². The van der Waals surface area contributed by atoms with E-state index in [1.807, 2.05) is 73.0 Å². The van der Waals surface area contributed by atoms with Crippen LogP contribution in [0.1, 0.15) is 48.0 Å². The predicted molar refractivity (Wildman–Crippen MR) is 68.5 cm³/mol. The molecule has 0 aromatic rings. The van der Waals surface area contributed by atoms with Crippen molar-refractivity contribution in [3.8, 4) is 0 Å². The van der Waals surface area contributed by atoms with Crippen LogP contribution < -0.4 is 0 Å². The van der Waals surface area contributed by atoms with Gasteiger partial charge >= 0.3 is 0 Å². The van der Waals surface area contributed by atoms with Gasteiger partial charge in [-0.15, -0.1) is 6.42 Å². The second-order valence-electron chi connectivity index (χ2n) is 2.74. The van der Waals surface area contributed by atoms with Gasteiger partial charge in [0.05, 0.1) is 0 Å². The molecule has 0 aromatic heterocycles. The van der Waals surface area contributed by atoms with Crippen molar-refractivity contribution < 1.29 is 25.8 Å². The van der Waals surface area contributed by atoms with Gasteiger partial charge in [-0.3, -0.25) is 6.08 Å². The standard InChI is InChI=1S/C5H5.3C3H7.Sc/c1-2-4-5-3-1;3*1-3-2;/h1-3H,4H2;3*3H,1-2H3;/q4*-1;. The molecule has 0 amide bonds. The molecule has 0 nitrogen and oxygen atoms in total. The first kappa shape index (κ1) is 24.5. The van der Waals surface area contributed by atoms with Gasteiger partial charge in [-0.2, -0.15) is 47.6 Å². The summed E-state index contributed by atoms with van der Waals surface area (Å²) >= 11 is 0. The minimum Gasteiger partial charge on any atom is -0.335 e. The molecule has 1 rings (SSSR count). The summed E-state index contributed by atoms with van der Waals surface area (Å²) < 4.78 is 0. The van der Waals surface area contributed by atoms with Crippen molar-refractivity contribution in [2.45, 2.75) is 48.0 Å². The van der Waals surface area contributed by atoms with E-state index in [0.717, 1.165) is 6.42 Å². The Morgan fingerprint density at radius 2 is 1.20 bits per heavy atom. The first-order valence-electron chi connectivity index (χ1n) is 5.18. The Labute approximate surface area is 117 Å². The van der Waals surface area contributed by atoms with Gasteiger partial charge in [0.1, 0.15) is 0 Å². The maximum absolute atomic E-state index is 2.99. The molecule has 0 N–H and O–H groups in total. The third-order valence-corrected chi connectivity index (χ3v) is 0.586. The van der Waals surface area contributed by atoms with Crippen molar-refractivity contribution in [3.05, 3.63) is 43.6 Å². The first-order valence-corrected chi connectivity index (χ1v) is 5.18. The van der Waals surface area contributed by atoms with E-state index in [9.17, 15) is 0 Å². The fourth-order valence-electron chi connectivity index (χ4n) is 0.340. The zero-order valence-corrected chi connectivity index (χ0v) is 13.1. The molecule has 0 atom stereocenters. The molecule has 0 aliphatic heterocycles. The SMILES string of the molecule is C[CH-]C.C[CH-]C.C[CH-]C.[C-]1=CC=CC1.[Sc]. The van der Waals surface area contributed by atoms with Crippen LogP contribution in [0, 0.1) is 25.3 Å². The van der Waals surface area contributed by atoms with Crippen molar-refractivity contribution in [1.82, 2.24) is 0 Å². The van der Waals surface area contributed by atoms with Crippen LogP contribution in [0.4, 0.5) is 0 Å². The molecule has 15 heavy (non-hydrogen) atoms. The van der Waals surface area contributed by atoms with Crippen molar-refractivity contribution in [2.75, 3.05) is 0 Å². The summed E-state index contributed by atoms with van der Waals surface area (Å²) in [6.45, 7) is 12.0. The minimum absolute atomic E-state index is 0. The molecule has 0 heterocycles. The first-order chi connectivity index (χ1) is 6.74. The Bertz CT molecular complexity index is 89.2. The molecule has 89 valence electrons. The summed E-state index contributed by atoms with van der Waals surface area (Å²) in [5.41, 5.74) is 0. The monoisotopic (exact) mass is 239 g/mol. The Kier molecular flexibility index (Phi) is 60.0. The van der Waals surface area contributed by atoms with Crippen LogP contribution >= 0.6 is 0 Å². The van der Waals surface area contributed by atoms with Crippen LogP contribution in [0.2, 0.25) is 0 Å². The van der Waals surface area contributed by atoms with Crippen LogP contribution in [0.3, 0.4) is 0 Å². The molecule has 0 saturated heterocycles. The second kappa shape index (κ2) is 36.7. The zero-order valence-electron chi connectivity index (χ0n) is 11.2. The molecule has 0 spiro atoms. The summed E-state index contributed by atoms with van der Waals surface area (Å²) in [6.07, 6.45) is 16.0. The molecular weight excluding hydrogens is 213 g/mol. The molecular formula is C14H26Sc-4. The van der Waals surface area contributed by atoms with Crippen LogP contribution in [0.5, 0.6) is 0 Å². The fraction of sp³-hybridized carbons (Fsp3) is 0.500.